The number of nitrogen functional groups attached to an aromatic ring is 1. The molecule has 0 aliphatic rings. The molecule has 4 aromatic carbocycles. The monoisotopic (exact) mass is 349 g/mol. The minimum absolute atomic E-state index is 0.740. The summed E-state index contributed by atoms with van der Waals surface area (Å²) in [5, 5.41) is 6.76. The molecule has 3 heteroatoms. The number of rotatable bonds is 1. The smallest absolute Gasteiger partial charge is 0.135 e. The van der Waals surface area contributed by atoms with E-state index in [1.54, 1.807) is 0 Å². The quantitative estimate of drug-likeness (QED) is 0.335. The van der Waals surface area contributed by atoms with E-state index in [0.29, 0.717) is 0 Å². The third-order valence-corrected chi connectivity index (χ3v) is 5.33. The Morgan fingerprint density at radius 1 is 0.593 bits per heavy atom. The molecule has 0 spiro atoms. The van der Waals surface area contributed by atoms with Gasteiger partial charge < -0.3 is 14.6 Å². The van der Waals surface area contributed by atoms with Gasteiger partial charge in [-0.1, -0.05) is 42.5 Å². The lowest BCUT2D eigenvalue weighted by atomic mass is 9.96. The van der Waals surface area contributed by atoms with E-state index in [-0.39, 0.29) is 0 Å². The van der Waals surface area contributed by atoms with Crippen LogP contribution in [0.4, 0.5) is 5.69 Å². The lowest BCUT2D eigenvalue weighted by Gasteiger charge is -2.04. The average molecular weight is 349 g/mol. The first-order valence-corrected chi connectivity index (χ1v) is 8.88. The lowest BCUT2D eigenvalue weighted by Crippen LogP contribution is -1.84. The van der Waals surface area contributed by atoms with Gasteiger partial charge in [-0.05, 0) is 45.8 Å². The van der Waals surface area contributed by atoms with Crippen molar-refractivity contribution in [2.75, 3.05) is 5.73 Å². The standard InChI is InChI=1S/C24H15NO2/c25-16-8-5-15-7-10-22-24(18(15)11-16)20(13-27-22)19-12-26-21-9-6-14-3-1-2-4-17(14)23(19)21/h1-13H,25H2. The van der Waals surface area contributed by atoms with Crippen LogP contribution in [0.15, 0.2) is 88.1 Å². The minimum Gasteiger partial charge on any atom is -0.464 e. The summed E-state index contributed by atoms with van der Waals surface area (Å²) in [5.41, 5.74) is 10.6. The van der Waals surface area contributed by atoms with Gasteiger partial charge in [-0.2, -0.15) is 0 Å². The van der Waals surface area contributed by atoms with Gasteiger partial charge in [-0.15, -0.1) is 0 Å². The molecule has 0 radical (unpaired) electrons. The molecule has 6 aromatic rings. The molecule has 0 saturated heterocycles. The summed E-state index contributed by atoms with van der Waals surface area (Å²) in [7, 11) is 0. The van der Waals surface area contributed by atoms with E-state index in [2.05, 4.69) is 36.4 Å². The third kappa shape index (κ3) is 1.97. The molecule has 0 unspecified atom stereocenters. The van der Waals surface area contributed by atoms with Crippen LogP contribution in [-0.2, 0) is 0 Å². The number of benzene rings is 4. The molecule has 128 valence electrons. The summed E-state index contributed by atoms with van der Waals surface area (Å²) < 4.78 is 11.8. The lowest BCUT2D eigenvalue weighted by molar-refractivity contribution is 0.612. The van der Waals surface area contributed by atoms with Crippen molar-refractivity contribution in [3.8, 4) is 11.1 Å². The van der Waals surface area contributed by atoms with Crippen LogP contribution in [0.1, 0.15) is 0 Å². The first-order chi connectivity index (χ1) is 13.3. The molecule has 0 aliphatic heterocycles. The Kier molecular flexibility index (Phi) is 2.75. The first-order valence-electron chi connectivity index (χ1n) is 8.88. The van der Waals surface area contributed by atoms with Gasteiger partial charge in [-0.25, -0.2) is 0 Å². The molecule has 0 amide bonds. The molecule has 0 saturated carbocycles. The highest BCUT2D eigenvalue weighted by molar-refractivity contribution is 6.19. The van der Waals surface area contributed by atoms with E-state index in [1.165, 1.54) is 10.8 Å². The van der Waals surface area contributed by atoms with Gasteiger partial charge in [0.2, 0.25) is 0 Å². The van der Waals surface area contributed by atoms with E-state index >= 15 is 0 Å². The Morgan fingerprint density at radius 3 is 1.93 bits per heavy atom. The average Bonchev–Trinajstić information content (AvgIpc) is 3.32. The maximum Gasteiger partial charge on any atom is 0.135 e. The van der Waals surface area contributed by atoms with E-state index in [1.807, 2.05) is 42.9 Å². The Labute approximate surface area is 154 Å². The van der Waals surface area contributed by atoms with Crippen molar-refractivity contribution < 1.29 is 8.83 Å². The van der Waals surface area contributed by atoms with E-state index in [0.717, 1.165) is 49.5 Å². The van der Waals surface area contributed by atoms with E-state index in [4.69, 9.17) is 14.6 Å². The van der Waals surface area contributed by atoms with Crippen LogP contribution in [-0.4, -0.2) is 0 Å². The van der Waals surface area contributed by atoms with Crippen LogP contribution in [0.5, 0.6) is 0 Å². The van der Waals surface area contributed by atoms with Crippen LogP contribution in [0.2, 0.25) is 0 Å². The SMILES string of the molecule is Nc1ccc2ccc3occ(-c4coc5ccc6ccccc6c45)c3c2c1. The molecule has 2 N–H and O–H groups in total. The Balaban J connectivity index is 1.79. The van der Waals surface area contributed by atoms with Crippen molar-refractivity contribution in [3.05, 3.63) is 79.3 Å². The summed E-state index contributed by atoms with van der Waals surface area (Å²) in [6, 6.07) is 22.5. The summed E-state index contributed by atoms with van der Waals surface area (Å²) in [6.45, 7) is 0. The van der Waals surface area contributed by atoms with Crippen molar-refractivity contribution in [3.63, 3.8) is 0 Å². The summed E-state index contributed by atoms with van der Waals surface area (Å²) in [5.74, 6) is 0. The second kappa shape index (κ2) is 5.15. The number of anilines is 1. The maximum atomic E-state index is 6.07. The predicted octanol–water partition coefficient (Wildman–Crippen LogP) is 6.73. The predicted molar refractivity (Wildman–Crippen MR) is 111 cm³/mol. The van der Waals surface area contributed by atoms with Gasteiger partial charge in [0.1, 0.15) is 11.2 Å². The molecular weight excluding hydrogens is 334 g/mol. The van der Waals surface area contributed by atoms with Crippen molar-refractivity contribution in [2.45, 2.75) is 0 Å². The Morgan fingerprint density at radius 2 is 1.19 bits per heavy atom. The normalized spacial score (nSPS) is 11.9. The van der Waals surface area contributed by atoms with Gasteiger partial charge in [-0.3, -0.25) is 0 Å². The zero-order valence-electron chi connectivity index (χ0n) is 14.4. The second-order valence-electron chi connectivity index (χ2n) is 6.88. The summed E-state index contributed by atoms with van der Waals surface area (Å²) >= 11 is 0. The fourth-order valence-corrected chi connectivity index (χ4v) is 4.08. The van der Waals surface area contributed by atoms with E-state index < -0.39 is 0 Å². The van der Waals surface area contributed by atoms with Gasteiger partial charge >= 0.3 is 0 Å². The molecule has 0 bridgehead atoms. The van der Waals surface area contributed by atoms with Crippen LogP contribution in [0.3, 0.4) is 0 Å². The largest absolute Gasteiger partial charge is 0.464 e. The number of hydrogen-bond donors (Lipinski definition) is 1. The van der Waals surface area contributed by atoms with Crippen molar-refractivity contribution in [2.24, 2.45) is 0 Å². The van der Waals surface area contributed by atoms with Crippen LogP contribution in [0, 0.1) is 0 Å². The van der Waals surface area contributed by atoms with Crippen molar-refractivity contribution >= 4 is 49.2 Å². The highest BCUT2D eigenvalue weighted by atomic mass is 16.3. The second-order valence-corrected chi connectivity index (χ2v) is 6.88. The molecule has 27 heavy (non-hydrogen) atoms. The molecule has 0 fully saturated rings. The van der Waals surface area contributed by atoms with Crippen LogP contribution < -0.4 is 5.73 Å². The summed E-state index contributed by atoms with van der Waals surface area (Å²) in [4.78, 5) is 0. The molecular formula is C24H15NO2. The highest BCUT2D eigenvalue weighted by Crippen LogP contribution is 2.42. The van der Waals surface area contributed by atoms with Crippen LogP contribution >= 0.6 is 0 Å². The fourth-order valence-electron chi connectivity index (χ4n) is 4.08. The highest BCUT2D eigenvalue weighted by Gasteiger charge is 2.17. The van der Waals surface area contributed by atoms with E-state index in [9.17, 15) is 0 Å². The molecule has 2 heterocycles. The van der Waals surface area contributed by atoms with Gasteiger partial charge in [0.15, 0.2) is 0 Å². The van der Waals surface area contributed by atoms with Crippen molar-refractivity contribution in [1.82, 2.24) is 0 Å². The minimum atomic E-state index is 0.740. The molecule has 0 atom stereocenters. The number of furan rings is 2. The molecule has 2 aromatic heterocycles. The molecule has 6 rings (SSSR count). The zero-order valence-corrected chi connectivity index (χ0v) is 14.4. The number of fused-ring (bicyclic) bond motifs is 6. The topological polar surface area (TPSA) is 52.3 Å². The fraction of sp³-hybridized carbons (Fsp3) is 0. The van der Waals surface area contributed by atoms with Gasteiger partial charge in [0.05, 0.1) is 12.5 Å². The number of nitrogens with two attached hydrogens (primary N) is 1. The zero-order chi connectivity index (χ0) is 18.0. The Bertz CT molecular complexity index is 1490. The Hall–Kier alpha value is -3.72. The van der Waals surface area contributed by atoms with Gasteiger partial charge in [0.25, 0.3) is 0 Å². The van der Waals surface area contributed by atoms with Crippen molar-refractivity contribution in [1.29, 1.82) is 0 Å². The maximum absolute atomic E-state index is 6.07. The molecule has 0 aliphatic carbocycles. The third-order valence-electron chi connectivity index (χ3n) is 5.33. The summed E-state index contributed by atoms with van der Waals surface area (Å²) in [6.07, 6.45) is 3.64. The van der Waals surface area contributed by atoms with Gasteiger partial charge in [0, 0.05) is 27.6 Å². The first kappa shape index (κ1) is 14.4. The molecule has 3 nitrogen and oxygen atoms in total. The number of hydrogen-bond acceptors (Lipinski definition) is 3. The van der Waals surface area contributed by atoms with Crippen LogP contribution in [0.25, 0.3) is 54.6 Å².